The molecule has 0 aliphatic heterocycles. The van der Waals surface area contributed by atoms with Gasteiger partial charge in [0.15, 0.2) is 5.65 Å². The summed E-state index contributed by atoms with van der Waals surface area (Å²) in [6.07, 6.45) is 2.40. The molecule has 0 aromatic carbocycles. The van der Waals surface area contributed by atoms with Crippen molar-refractivity contribution in [2.75, 3.05) is 0 Å². The molecule has 72 valence electrons. The van der Waals surface area contributed by atoms with Crippen LogP contribution in [0.4, 0.5) is 4.39 Å². The first kappa shape index (κ1) is 8.58. The van der Waals surface area contributed by atoms with Crippen LogP contribution in [-0.4, -0.2) is 15.2 Å². The molecule has 0 saturated heterocycles. The van der Waals surface area contributed by atoms with Crippen molar-refractivity contribution in [1.29, 1.82) is 0 Å². The summed E-state index contributed by atoms with van der Waals surface area (Å²) in [4.78, 5) is 3.75. The third kappa shape index (κ3) is 1.22. The van der Waals surface area contributed by atoms with E-state index in [4.69, 9.17) is 0 Å². The van der Waals surface area contributed by atoms with Crippen molar-refractivity contribution in [3.8, 4) is 0 Å². The van der Waals surface area contributed by atoms with Crippen LogP contribution in [0, 0.1) is 9.52 Å². The molecule has 1 saturated carbocycles. The van der Waals surface area contributed by atoms with E-state index in [9.17, 15) is 4.39 Å². The van der Waals surface area contributed by atoms with Crippen LogP contribution in [0.15, 0.2) is 6.07 Å². The number of rotatable bonds is 1. The molecule has 0 radical (unpaired) electrons. The monoisotopic (exact) mass is 303 g/mol. The molecule has 0 spiro atoms. The Bertz CT molecular complexity index is 504. The maximum atomic E-state index is 13.0. The molecule has 5 heteroatoms. The minimum atomic E-state index is -0.462. The number of hydrogen-bond acceptors (Lipinski definition) is 2. The lowest BCUT2D eigenvalue weighted by Crippen LogP contribution is -1.87. The molecule has 3 rings (SSSR count). The van der Waals surface area contributed by atoms with E-state index in [2.05, 4.69) is 37.8 Å². The van der Waals surface area contributed by atoms with Crippen molar-refractivity contribution in [3.63, 3.8) is 0 Å². The first-order valence-electron chi connectivity index (χ1n) is 4.45. The fraction of sp³-hybridized carbons (Fsp3) is 0.333. The Morgan fingerprint density at radius 3 is 3.00 bits per heavy atom. The first-order chi connectivity index (χ1) is 6.75. The van der Waals surface area contributed by atoms with E-state index in [0.29, 0.717) is 11.6 Å². The second-order valence-corrected chi connectivity index (χ2v) is 4.70. The molecule has 2 aromatic heterocycles. The predicted octanol–water partition coefficient (Wildman–Crippen LogP) is 2.58. The van der Waals surface area contributed by atoms with Gasteiger partial charge in [0.05, 0.1) is 5.39 Å². The normalized spacial score (nSPS) is 16.4. The lowest BCUT2D eigenvalue weighted by atomic mass is 10.2. The van der Waals surface area contributed by atoms with Crippen LogP contribution in [0.1, 0.15) is 24.5 Å². The SMILES string of the molecule is Fc1cc(I)c2c(C3CC3)[nH]nc2n1. The van der Waals surface area contributed by atoms with Crippen molar-refractivity contribution < 1.29 is 4.39 Å². The summed E-state index contributed by atoms with van der Waals surface area (Å²) in [5, 5.41) is 7.98. The molecule has 2 aromatic rings. The zero-order valence-corrected chi connectivity index (χ0v) is 9.38. The van der Waals surface area contributed by atoms with Crippen LogP contribution in [-0.2, 0) is 0 Å². The zero-order chi connectivity index (χ0) is 9.71. The molecule has 2 heterocycles. The average molecular weight is 303 g/mol. The smallest absolute Gasteiger partial charge is 0.216 e. The summed E-state index contributed by atoms with van der Waals surface area (Å²) in [6.45, 7) is 0. The average Bonchev–Trinajstić information content (AvgIpc) is 2.87. The topological polar surface area (TPSA) is 41.6 Å². The van der Waals surface area contributed by atoms with Crippen LogP contribution >= 0.6 is 22.6 Å². The third-order valence-corrected chi connectivity index (χ3v) is 3.31. The van der Waals surface area contributed by atoms with Crippen LogP contribution in [0.25, 0.3) is 11.0 Å². The van der Waals surface area contributed by atoms with Gasteiger partial charge in [-0.1, -0.05) is 0 Å². The van der Waals surface area contributed by atoms with Crippen molar-refractivity contribution in [2.45, 2.75) is 18.8 Å². The van der Waals surface area contributed by atoms with Gasteiger partial charge in [-0.15, -0.1) is 0 Å². The summed E-state index contributed by atoms with van der Waals surface area (Å²) in [6, 6.07) is 1.45. The number of H-pyrrole nitrogens is 1. The fourth-order valence-electron chi connectivity index (χ4n) is 1.64. The van der Waals surface area contributed by atoms with Crippen molar-refractivity contribution >= 4 is 33.6 Å². The number of fused-ring (bicyclic) bond motifs is 1. The van der Waals surface area contributed by atoms with E-state index in [1.54, 1.807) is 0 Å². The van der Waals surface area contributed by atoms with E-state index in [1.165, 1.54) is 18.9 Å². The minimum absolute atomic E-state index is 0.462. The summed E-state index contributed by atoms with van der Waals surface area (Å²) in [5.74, 6) is 0.122. The third-order valence-electron chi connectivity index (χ3n) is 2.46. The fourth-order valence-corrected chi connectivity index (χ4v) is 2.43. The maximum absolute atomic E-state index is 13.0. The van der Waals surface area contributed by atoms with Gasteiger partial charge in [0.25, 0.3) is 0 Å². The van der Waals surface area contributed by atoms with E-state index in [1.807, 2.05) is 0 Å². The minimum Gasteiger partial charge on any atom is -0.279 e. The number of aromatic nitrogens is 3. The molecule has 0 amide bonds. The largest absolute Gasteiger partial charge is 0.279 e. The molecule has 1 aliphatic carbocycles. The van der Waals surface area contributed by atoms with E-state index in [-0.39, 0.29) is 0 Å². The highest BCUT2D eigenvalue weighted by atomic mass is 127. The summed E-state index contributed by atoms with van der Waals surface area (Å²) in [7, 11) is 0. The number of halogens is 2. The van der Waals surface area contributed by atoms with Gasteiger partial charge in [-0.05, 0) is 35.4 Å². The number of aromatic amines is 1. The van der Waals surface area contributed by atoms with Gasteiger partial charge in [0.2, 0.25) is 5.95 Å². The molecule has 0 unspecified atom stereocenters. The van der Waals surface area contributed by atoms with Gasteiger partial charge < -0.3 is 0 Å². The van der Waals surface area contributed by atoms with Crippen molar-refractivity contribution in [2.24, 2.45) is 0 Å². The van der Waals surface area contributed by atoms with Crippen LogP contribution in [0.5, 0.6) is 0 Å². The van der Waals surface area contributed by atoms with Crippen LogP contribution in [0.3, 0.4) is 0 Å². The molecule has 0 atom stereocenters. The maximum Gasteiger partial charge on any atom is 0.216 e. The molecule has 14 heavy (non-hydrogen) atoms. The van der Waals surface area contributed by atoms with Gasteiger partial charge in [0.1, 0.15) is 0 Å². The highest BCUT2D eigenvalue weighted by Gasteiger charge is 2.28. The molecular formula is C9H7FIN3. The van der Waals surface area contributed by atoms with E-state index >= 15 is 0 Å². The number of nitrogens with zero attached hydrogens (tertiary/aromatic N) is 2. The molecule has 1 aliphatic rings. The van der Waals surface area contributed by atoms with Gasteiger partial charge in [0, 0.05) is 21.2 Å². The Hall–Kier alpha value is -0.720. The van der Waals surface area contributed by atoms with Crippen LogP contribution in [0.2, 0.25) is 0 Å². The molecule has 1 fully saturated rings. The summed E-state index contributed by atoms with van der Waals surface area (Å²) in [5.41, 5.74) is 1.62. The van der Waals surface area contributed by atoms with Crippen LogP contribution < -0.4 is 0 Å². The Kier molecular flexibility index (Phi) is 1.77. The van der Waals surface area contributed by atoms with Crippen molar-refractivity contribution in [3.05, 3.63) is 21.3 Å². The molecule has 1 N–H and O–H groups in total. The number of hydrogen-bond donors (Lipinski definition) is 1. The van der Waals surface area contributed by atoms with E-state index < -0.39 is 5.95 Å². The Morgan fingerprint density at radius 2 is 2.29 bits per heavy atom. The lowest BCUT2D eigenvalue weighted by Gasteiger charge is -1.96. The van der Waals surface area contributed by atoms with E-state index in [0.717, 1.165) is 14.7 Å². The molecule has 0 bridgehead atoms. The molecular weight excluding hydrogens is 296 g/mol. The number of pyridine rings is 1. The second kappa shape index (κ2) is 2.88. The highest BCUT2D eigenvalue weighted by molar-refractivity contribution is 14.1. The second-order valence-electron chi connectivity index (χ2n) is 3.54. The predicted molar refractivity (Wildman–Crippen MR) is 58.5 cm³/mol. The summed E-state index contributed by atoms with van der Waals surface area (Å²) < 4.78 is 13.8. The Labute approximate surface area is 93.2 Å². The lowest BCUT2D eigenvalue weighted by molar-refractivity contribution is 0.587. The Balaban J connectivity index is 2.33. The summed E-state index contributed by atoms with van der Waals surface area (Å²) >= 11 is 2.13. The van der Waals surface area contributed by atoms with Crippen molar-refractivity contribution in [1.82, 2.24) is 15.2 Å². The van der Waals surface area contributed by atoms with Gasteiger partial charge in [-0.3, -0.25) is 5.10 Å². The molecule has 3 nitrogen and oxygen atoms in total. The quantitative estimate of drug-likeness (QED) is 0.650. The van der Waals surface area contributed by atoms with Gasteiger partial charge in [-0.25, -0.2) is 0 Å². The zero-order valence-electron chi connectivity index (χ0n) is 7.22. The van der Waals surface area contributed by atoms with Gasteiger partial charge in [-0.2, -0.15) is 14.5 Å². The number of nitrogens with one attached hydrogen (secondary N) is 1. The van der Waals surface area contributed by atoms with Gasteiger partial charge >= 0.3 is 0 Å². The highest BCUT2D eigenvalue weighted by Crippen LogP contribution is 2.42. The Morgan fingerprint density at radius 1 is 1.50 bits per heavy atom. The first-order valence-corrected chi connectivity index (χ1v) is 5.53. The standard InChI is InChI=1S/C9H7FIN3/c10-6-3-5(11)7-8(4-1-2-4)13-14-9(7)12-6/h3-4H,1-2H2,(H,12,13,14).